The number of carbonyl (C=O) groups is 1. The van der Waals surface area contributed by atoms with Gasteiger partial charge in [-0.3, -0.25) is 10.1 Å². The summed E-state index contributed by atoms with van der Waals surface area (Å²) in [5, 5.41) is 118. The second-order valence-corrected chi connectivity index (χ2v) is 8.47. The van der Waals surface area contributed by atoms with Gasteiger partial charge in [0, 0.05) is 0 Å². The maximum Gasteiger partial charge on any atom is 0.475 e. The molecule has 0 radical (unpaired) electrons. The number of ether oxygens (including phenoxy) is 4. The third kappa shape index (κ3) is 7.32. The number of carbonyl (C=O) groups excluding carboxylic acids is 1. The van der Waals surface area contributed by atoms with Crippen LogP contribution in [-0.4, -0.2) is 173 Å². The predicted molar refractivity (Wildman–Crippen MR) is 108 cm³/mol. The van der Waals surface area contributed by atoms with E-state index in [4.69, 9.17) is 18.9 Å². The lowest BCUT2D eigenvalue weighted by molar-refractivity contribution is -0.411. The van der Waals surface area contributed by atoms with Crippen molar-refractivity contribution in [2.24, 2.45) is 0 Å². The molecule has 14 atom stereocenters. The summed E-state index contributed by atoms with van der Waals surface area (Å²) in [7, 11) is 0. The van der Waals surface area contributed by atoms with Crippen molar-refractivity contribution in [1.29, 1.82) is 0 Å². The fraction of sp³-hybridized carbons (Fsp3) is 0.944. The van der Waals surface area contributed by atoms with Crippen LogP contribution in [0.4, 0.5) is 0 Å². The molecular weight excluding hydrogens is 518 g/mol. The number of hydrogen-bond acceptors (Lipinski definition) is 18. The van der Waals surface area contributed by atoms with Crippen molar-refractivity contribution in [1.82, 2.24) is 0 Å². The van der Waals surface area contributed by atoms with Gasteiger partial charge in [-0.2, -0.15) is 0 Å². The Kier molecular flexibility index (Phi) is 11.6. The van der Waals surface area contributed by atoms with Gasteiger partial charge in [-0.05, 0) is 0 Å². The van der Waals surface area contributed by atoms with E-state index in [-0.39, 0.29) is 0 Å². The van der Waals surface area contributed by atoms with Crippen molar-refractivity contribution in [2.45, 2.75) is 85.8 Å². The number of aliphatic hydroxyl groups is 11. The second-order valence-electron chi connectivity index (χ2n) is 8.47. The van der Waals surface area contributed by atoms with E-state index in [0.717, 1.165) is 0 Å². The minimum Gasteiger partial charge on any atom is -0.394 e. The Hall–Kier alpha value is -1.53. The van der Waals surface area contributed by atoms with E-state index in [1.807, 2.05) is 0 Å². The molecular formula is C18H31NO18. The molecule has 11 N–H and O–H groups in total. The van der Waals surface area contributed by atoms with Crippen molar-refractivity contribution < 1.29 is 84.8 Å². The summed E-state index contributed by atoms with van der Waals surface area (Å²) in [5.74, 6) is -2.05. The lowest BCUT2D eigenvalue weighted by atomic mass is 9.98. The summed E-state index contributed by atoms with van der Waals surface area (Å²) in [4.78, 5) is 20.0. The molecule has 2 fully saturated rings. The average Bonchev–Trinajstić information content (AvgIpc) is 2.88. The van der Waals surface area contributed by atoms with E-state index in [0.29, 0.717) is 0 Å². The highest BCUT2D eigenvalue weighted by molar-refractivity contribution is 5.73. The number of aliphatic hydroxyl groups excluding tert-OH is 11. The largest absolute Gasteiger partial charge is 0.475 e. The highest BCUT2D eigenvalue weighted by atomic mass is 16.7. The van der Waals surface area contributed by atoms with Crippen LogP contribution in [0.3, 0.4) is 0 Å². The van der Waals surface area contributed by atoms with E-state index in [1.54, 1.807) is 0 Å². The van der Waals surface area contributed by atoms with Crippen LogP contribution in [0.1, 0.15) is 0 Å². The Balaban J connectivity index is 1.96. The Bertz CT molecular complexity index is 756. The molecule has 19 heteroatoms. The van der Waals surface area contributed by atoms with Gasteiger partial charge in [0.2, 0.25) is 6.10 Å². The maximum absolute atomic E-state index is 11.1. The minimum absolute atomic E-state index is 0.674. The van der Waals surface area contributed by atoms with Crippen LogP contribution < -0.4 is 0 Å². The van der Waals surface area contributed by atoms with Crippen LogP contribution in [0.15, 0.2) is 0 Å². The fourth-order valence-electron chi connectivity index (χ4n) is 3.55. The normalized spacial score (nSPS) is 40.0. The Morgan fingerprint density at radius 1 is 0.784 bits per heavy atom. The van der Waals surface area contributed by atoms with Crippen LogP contribution in [0.5, 0.6) is 0 Å². The lowest BCUT2D eigenvalue weighted by Crippen LogP contribution is -2.62. The van der Waals surface area contributed by atoms with Gasteiger partial charge in [0.1, 0.15) is 72.1 Å². The number of amides is 1. The predicted octanol–water partition coefficient (Wildman–Crippen LogP) is -8.13. The number of rotatable bonds is 11. The Morgan fingerprint density at radius 3 is 1.78 bits per heavy atom. The van der Waals surface area contributed by atoms with Crippen molar-refractivity contribution in [3.63, 3.8) is 0 Å². The van der Waals surface area contributed by atoms with Gasteiger partial charge in [0.15, 0.2) is 12.6 Å². The summed E-state index contributed by atoms with van der Waals surface area (Å²) in [6.45, 7) is -2.40. The van der Waals surface area contributed by atoms with Crippen LogP contribution in [0, 0.1) is 10.1 Å². The molecule has 19 nitrogen and oxygen atoms in total. The highest BCUT2D eigenvalue weighted by Gasteiger charge is 2.48. The smallest absolute Gasteiger partial charge is 0.394 e. The van der Waals surface area contributed by atoms with Crippen LogP contribution in [-0.2, 0) is 23.7 Å². The first-order valence-corrected chi connectivity index (χ1v) is 10.9. The monoisotopic (exact) mass is 549 g/mol. The molecule has 2 aliphatic heterocycles. The van der Waals surface area contributed by atoms with Crippen molar-refractivity contribution in [2.75, 3.05) is 19.8 Å². The number of hydrogen-bond donors (Lipinski definition) is 11. The Morgan fingerprint density at radius 2 is 1.27 bits per heavy atom. The lowest BCUT2D eigenvalue weighted by Gasteiger charge is -2.42. The molecule has 0 aromatic heterocycles. The van der Waals surface area contributed by atoms with E-state index < -0.39 is 116 Å². The topological polar surface area (TPSA) is 320 Å². The van der Waals surface area contributed by atoms with E-state index in [2.05, 4.69) is 0 Å². The Labute approximate surface area is 207 Å². The number of nitro groups is 1. The van der Waals surface area contributed by atoms with Gasteiger partial charge in [-0.1, -0.05) is 0 Å². The molecule has 0 unspecified atom stereocenters. The molecule has 0 bridgehead atoms. The molecule has 2 heterocycles. The zero-order valence-electron chi connectivity index (χ0n) is 18.9. The first-order chi connectivity index (χ1) is 17.2. The standard InChI is InChI=1S/C18H31NO18/c20-1-5-8(23)11(26)14(29)18(36-5)35-3-6-9(24)12(27)15(30)17(37-6)34-2-4(21)7(22)10(25)13(28)16(31)19(32)33/h4-15,17-18,20-30H,1-3H2/t4-,5-,6-,7-,8-,9-,10+,11+,12+,13-,14-,15-,17+,18+/m1/s1. The van der Waals surface area contributed by atoms with Crippen molar-refractivity contribution >= 4 is 5.91 Å². The molecule has 0 aromatic carbocycles. The molecule has 0 saturated carbocycles. The van der Waals surface area contributed by atoms with Gasteiger partial charge < -0.3 is 75.1 Å². The molecule has 0 spiro atoms. The van der Waals surface area contributed by atoms with Gasteiger partial charge in [0.05, 0.1) is 19.8 Å². The molecule has 0 aromatic rings. The quantitative estimate of drug-likeness (QED) is 0.0841. The first-order valence-electron chi connectivity index (χ1n) is 10.9. The van der Waals surface area contributed by atoms with Gasteiger partial charge >= 0.3 is 5.91 Å². The summed E-state index contributed by atoms with van der Waals surface area (Å²) < 4.78 is 20.7. The maximum atomic E-state index is 11.1. The third-order valence-corrected chi connectivity index (χ3v) is 5.87. The van der Waals surface area contributed by atoms with Crippen LogP contribution in [0.25, 0.3) is 0 Å². The van der Waals surface area contributed by atoms with Gasteiger partial charge in [-0.15, -0.1) is 0 Å². The SMILES string of the molecule is O=C([C@H](O)[C@@H](O)[C@H](O)[C@H](O)CO[C@H]1O[C@H](CO[C@H]2O[C@H](CO)[C@@H](O)[C@H](O)[C@H]2O)[C@@H](O)[C@H](O)[C@H]1O)[N+](=O)[O-]. The molecule has 216 valence electrons. The summed E-state index contributed by atoms with van der Waals surface area (Å²) in [6, 6.07) is 0. The van der Waals surface area contributed by atoms with Gasteiger partial charge in [0.25, 0.3) is 0 Å². The molecule has 0 aliphatic carbocycles. The first kappa shape index (κ1) is 31.7. The summed E-state index contributed by atoms with van der Waals surface area (Å²) >= 11 is 0. The second kappa shape index (κ2) is 13.5. The van der Waals surface area contributed by atoms with Gasteiger partial charge in [-0.25, -0.2) is 4.79 Å². The third-order valence-electron chi connectivity index (χ3n) is 5.87. The molecule has 37 heavy (non-hydrogen) atoms. The minimum atomic E-state index is -2.68. The van der Waals surface area contributed by atoms with Crippen LogP contribution >= 0.6 is 0 Å². The summed E-state index contributed by atoms with van der Waals surface area (Å²) in [5.41, 5.74) is 0. The zero-order chi connectivity index (χ0) is 28.2. The van der Waals surface area contributed by atoms with Crippen LogP contribution in [0.2, 0.25) is 0 Å². The van der Waals surface area contributed by atoms with Crippen molar-refractivity contribution in [3.8, 4) is 0 Å². The molecule has 2 rings (SSSR count). The molecule has 2 aliphatic rings. The molecule has 2 saturated heterocycles. The fourth-order valence-corrected chi connectivity index (χ4v) is 3.55. The van der Waals surface area contributed by atoms with Crippen molar-refractivity contribution in [3.05, 3.63) is 10.1 Å². The molecule has 1 amide bonds. The zero-order valence-corrected chi connectivity index (χ0v) is 18.9. The summed E-state index contributed by atoms with van der Waals surface area (Å²) in [6.07, 6.45) is -26.7. The van der Waals surface area contributed by atoms with E-state index in [1.165, 1.54) is 0 Å². The highest BCUT2D eigenvalue weighted by Crippen LogP contribution is 2.26. The average molecular weight is 549 g/mol. The van der Waals surface area contributed by atoms with E-state index >= 15 is 0 Å². The number of nitrogens with zero attached hydrogens (tertiary/aromatic N) is 1. The van der Waals surface area contributed by atoms with E-state index in [9.17, 15) is 71.1 Å².